The van der Waals surface area contributed by atoms with Crippen LogP contribution in [0.2, 0.25) is 0 Å². The minimum Gasteiger partial charge on any atom is -0.350 e. The van der Waals surface area contributed by atoms with E-state index in [2.05, 4.69) is 16.9 Å². The van der Waals surface area contributed by atoms with E-state index in [4.69, 9.17) is 4.79 Å². The van der Waals surface area contributed by atoms with Crippen molar-refractivity contribution in [2.45, 2.75) is 68.4 Å². The van der Waals surface area contributed by atoms with Gasteiger partial charge in [-0.2, -0.15) is 26.3 Å². The van der Waals surface area contributed by atoms with Crippen molar-refractivity contribution in [2.75, 3.05) is 6.54 Å². The first-order valence-corrected chi connectivity index (χ1v) is 13.7. The van der Waals surface area contributed by atoms with Gasteiger partial charge in [-0.3, -0.25) is 9.78 Å². The molecule has 1 aromatic heterocycles. The summed E-state index contributed by atoms with van der Waals surface area (Å²) >= 11 is 0. The topological polar surface area (TPSA) is 93.2 Å². The van der Waals surface area contributed by atoms with Crippen LogP contribution in [0.15, 0.2) is 48.0 Å². The summed E-state index contributed by atoms with van der Waals surface area (Å²) in [5.41, 5.74) is -1.94. The smallest absolute Gasteiger partial charge is 0.350 e. The number of sulfone groups is 1. The highest BCUT2D eigenvalue weighted by atomic mass is 32.2. The Balaban J connectivity index is 0.00000178. The lowest BCUT2D eigenvalue weighted by molar-refractivity contribution is -0.138. The third-order valence-electron chi connectivity index (χ3n) is 7.02. The first kappa shape index (κ1) is 33.0. The number of benzene rings is 1. The lowest BCUT2D eigenvalue weighted by Crippen LogP contribution is -2.48. The molecule has 40 heavy (non-hydrogen) atoms. The summed E-state index contributed by atoms with van der Waals surface area (Å²) in [5.74, 6) is -0.214. The highest BCUT2D eigenvalue weighted by molar-refractivity contribution is 7.92. The Kier molecular flexibility index (Phi) is 10.0. The summed E-state index contributed by atoms with van der Waals surface area (Å²) in [6.45, 7) is 9.09. The van der Waals surface area contributed by atoms with E-state index in [1.165, 1.54) is 19.8 Å². The van der Waals surface area contributed by atoms with Crippen LogP contribution in [0, 0.1) is 11.8 Å². The third kappa shape index (κ3) is 7.31. The number of hydrogen-bond acceptors (Lipinski definition) is 5. The zero-order chi connectivity index (χ0) is 30.7. The SMILES string of the molecule is C=C=O.CC(C)c1cc(C(F)(F)F)cnc1C(=O)NCC1CC(C(C)(C)S(=O)(=O)c2cccc(C(F)(F)F)c2)C1. The highest BCUT2D eigenvalue weighted by Crippen LogP contribution is 2.46. The fourth-order valence-corrected chi connectivity index (χ4v) is 6.20. The minimum atomic E-state index is -4.67. The summed E-state index contributed by atoms with van der Waals surface area (Å²) in [7, 11) is -4.10. The molecule has 1 aliphatic carbocycles. The maximum Gasteiger partial charge on any atom is 0.417 e. The van der Waals surface area contributed by atoms with Gasteiger partial charge < -0.3 is 5.32 Å². The zero-order valence-corrected chi connectivity index (χ0v) is 23.1. The molecular formula is C27H30F6N2O4S. The van der Waals surface area contributed by atoms with Crippen LogP contribution in [0.1, 0.15) is 73.6 Å². The molecule has 0 spiro atoms. The molecule has 0 bridgehead atoms. The Morgan fingerprint density at radius 1 is 1.07 bits per heavy atom. The van der Waals surface area contributed by atoms with E-state index in [-0.39, 0.29) is 35.6 Å². The Morgan fingerprint density at radius 3 is 2.12 bits per heavy atom. The number of alkyl halides is 6. The standard InChI is InChI=1S/C25H28F6N2O3S.C2H2O/c1-14(2)20-11-18(25(29,30)31)13-32-21(20)22(34)33-12-15-8-17(9-15)23(3,4)37(35,36)19-7-5-6-16(10-19)24(26,27)28;1-2-3/h5-7,10-11,13-15,17H,8-9,12H2,1-4H3,(H,33,34);1H2. The monoisotopic (exact) mass is 592 g/mol. The van der Waals surface area contributed by atoms with Crippen molar-refractivity contribution in [3.63, 3.8) is 0 Å². The van der Waals surface area contributed by atoms with E-state index in [1.54, 1.807) is 13.8 Å². The summed E-state index contributed by atoms with van der Waals surface area (Å²) in [4.78, 5) is 24.6. The first-order valence-electron chi connectivity index (χ1n) is 12.2. The highest BCUT2D eigenvalue weighted by Gasteiger charge is 2.48. The van der Waals surface area contributed by atoms with Gasteiger partial charge in [0, 0.05) is 12.7 Å². The summed E-state index contributed by atoms with van der Waals surface area (Å²) < 4.78 is 103. The molecule has 13 heteroatoms. The molecule has 0 atom stereocenters. The van der Waals surface area contributed by atoms with Crippen molar-refractivity contribution in [3.05, 3.63) is 65.5 Å². The molecule has 1 aromatic carbocycles. The predicted molar refractivity (Wildman–Crippen MR) is 136 cm³/mol. The van der Waals surface area contributed by atoms with Crippen molar-refractivity contribution < 1.29 is 44.3 Å². The molecule has 6 nitrogen and oxygen atoms in total. The van der Waals surface area contributed by atoms with E-state index in [0.29, 0.717) is 25.1 Å². The van der Waals surface area contributed by atoms with E-state index in [9.17, 15) is 39.6 Å². The minimum absolute atomic E-state index is 0.0955. The van der Waals surface area contributed by atoms with E-state index in [1.807, 2.05) is 0 Å². The number of aromatic nitrogens is 1. The quantitative estimate of drug-likeness (QED) is 0.303. The van der Waals surface area contributed by atoms with E-state index >= 15 is 0 Å². The van der Waals surface area contributed by atoms with Crippen LogP contribution in [0.3, 0.4) is 0 Å². The summed E-state index contributed by atoms with van der Waals surface area (Å²) in [5, 5.41) is 2.66. The third-order valence-corrected chi connectivity index (χ3v) is 9.61. The fourth-order valence-electron chi connectivity index (χ4n) is 4.42. The number of pyridine rings is 1. The van der Waals surface area contributed by atoms with Gasteiger partial charge in [0.25, 0.3) is 5.91 Å². The van der Waals surface area contributed by atoms with Crippen LogP contribution in [0.25, 0.3) is 0 Å². The van der Waals surface area contributed by atoms with Crippen LogP contribution in [0.5, 0.6) is 0 Å². The maximum absolute atomic E-state index is 13.2. The average Bonchev–Trinajstić information content (AvgIpc) is 2.81. The van der Waals surface area contributed by atoms with Crippen molar-refractivity contribution >= 4 is 21.7 Å². The van der Waals surface area contributed by atoms with Crippen molar-refractivity contribution in [3.8, 4) is 0 Å². The van der Waals surface area contributed by atoms with Crippen LogP contribution in [-0.4, -0.2) is 36.5 Å². The van der Waals surface area contributed by atoms with Gasteiger partial charge >= 0.3 is 12.4 Å². The number of rotatable bonds is 7. The van der Waals surface area contributed by atoms with Gasteiger partial charge in [0.05, 0.1) is 20.8 Å². The Bertz CT molecular complexity index is 1360. The van der Waals surface area contributed by atoms with Crippen LogP contribution >= 0.6 is 0 Å². The normalized spacial score (nSPS) is 17.8. The zero-order valence-electron chi connectivity index (χ0n) is 22.3. The molecule has 1 amide bonds. The predicted octanol–water partition coefficient (Wildman–Crippen LogP) is 6.26. The Hall–Kier alpha value is -3.18. The number of halogens is 6. The van der Waals surface area contributed by atoms with Crippen LogP contribution in [-0.2, 0) is 27.0 Å². The molecule has 1 saturated carbocycles. The molecule has 1 heterocycles. The molecule has 0 radical (unpaired) electrons. The Labute approximate surface area is 228 Å². The van der Waals surface area contributed by atoms with Crippen LogP contribution in [0.4, 0.5) is 26.3 Å². The second-order valence-electron chi connectivity index (χ2n) is 10.3. The Morgan fingerprint density at radius 2 is 1.62 bits per heavy atom. The number of nitrogens with zero attached hydrogens (tertiary/aromatic N) is 1. The van der Waals surface area contributed by atoms with E-state index < -0.39 is 48.9 Å². The summed E-state index contributed by atoms with van der Waals surface area (Å²) in [6, 6.07) is 4.56. The summed E-state index contributed by atoms with van der Waals surface area (Å²) in [6.07, 6.45) is -7.84. The maximum atomic E-state index is 13.2. The molecular weight excluding hydrogens is 562 g/mol. The van der Waals surface area contributed by atoms with Gasteiger partial charge in [-0.15, -0.1) is 0 Å². The second-order valence-corrected chi connectivity index (χ2v) is 12.9. The molecule has 2 aromatic rings. The lowest BCUT2D eigenvalue weighted by atomic mass is 9.69. The average molecular weight is 593 g/mol. The molecule has 3 rings (SSSR count). The van der Waals surface area contributed by atoms with Crippen molar-refractivity contribution in [2.24, 2.45) is 11.8 Å². The van der Waals surface area contributed by atoms with Gasteiger partial charge in [0.2, 0.25) is 0 Å². The second kappa shape index (κ2) is 12.1. The van der Waals surface area contributed by atoms with Crippen LogP contribution < -0.4 is 5.32 Å². The van der Waals surface area contributed by atoms with Gasteiger partial charge in [-0.05, 0) is 80.9 Å². The van der Waals surface area contributed by atoms with Crippen molar-refractivity contribution in [1.82, 2.24) is 10.3 Å². The molecule has 1 aliphatic rings. The number of nitrogens with one attached hydrogen (secondary N) is 1. The number of carbonyl (C=O) groups is 1. The first-order chi connectivity index (χ1) is 18.3. The molecule has 0 aliphatic heterocycles. The van der Waals surface area contributed by atoms with Gasteiger partial charge in [0.15, 0.2) is 9.84 Å². The molecule has 0 saturated heterocycles. The van der Waals surface area contributed by atoms with Crippen molar-refractivity contribution in [1.29, 1.82) is 0 Å². The molecule has 1 N–H and O–H groups in total. The molecule has 1 fully saturated rings. The van der Waals surface area contributed by atoms with Gasteiger partial charge in [0.1, 0.15) is 11.6 Å². The van der Waals surface area contributed by atoms with Gasteiger partial charge in [-0.1, -0.05) is 19.9 Å². The fraction of sp³-hybridized carbons (Fsp3) is 0.481. The van der Waals surface area contributed by atoms with E-state index in [0.717, 1.165) is 24.3 Å². The lowest BCUT2D eigenvalue weighted by Gasteiger charge is -2.44. The number of amides is 1. The van der Waals surface area contributed by atoms with Gasteiger partial charge in [-0.25, -0.2) is 13.2 Å². The molecule has 0 unspecified atom stereocenters. The largest absolute Gasteiger partial charge is 0.417 e. The molecule has 220 valence electrons. The number of hydrogen-bond donors (Lipinski definition) is 1. The number of carbonyl (C=O) groups excluding carboxylic acids is 2.